The molecule has 3 rings (SSSR count). The molecule has 0 aliphatic heterocycles. The monoisotopic (exact) mass is 412 g/mol. The smallest absolute Gasteiger partial charge is 0.234 e. The summed E-state index contributed by atoms with van der Waals surface area (Å²) in [6.07, 6.45) is 0. The molecular weight excluding hydrogens is 384 g/mol. The first-order valence-corrected chi connectivity index (χ1v) is 10.5. The number of amides is 1. The van der Waals surface area contributed by atoms with Crippen LogP contribution in [0.25, 0.3) is 11.4 Å². The second-order valence-corrected chi connectivity index (χ2v) is 9.14. The average Bonchev–Trinajstić information content (AvgIpc) is 3.13. The van der Waals surface area contributed by atoms with E-state index in [1.807, 2.05) is 32.5 Å². The summed E-state index contributed by atoms with van der Waals surface area (Å²) in [7, 11) is 3.78. The van der Waals surface area contributed by atoms with Gasteiger partial charge in [0, 0.05) is 19.7 Å². The summed E-state index contributed by atoms with van der Waals surface area (Å²) in [5.41, 5.74) is 4.90. The lowest BCUT2D eigenvalue weighted by Gasteiger charge is -2.19. The summed E-state index contributed by atoms with van der Waals surface area (Å²) in [5, 5.41) is 16.6. The van der Waals surface area contributed by atoms with Gasteiger partial charge in [-0.3, -0.25) is 9.48 Å². The number of carbonyl (C=O) groups is 1. The van der Waals surface area contributed by atoms with Crippen LogP contribution in [0.2, 0.25) is 0 Å². The third kappa shape index (κ3) is 4.53. The molecule has 0 bridgehead atoms. The van der Waals surface area contributed by atoms with E-state index in [1.165, 1.54) is 17.3 Å². The number of carbonyl (C=O) groups excluding carboxylic acids is 1. The number of aryl methyl sites for hydroxylation is 2. The number of aromatic nitrogens is 5. The lowest BCUT2D eigenvalue weighted by Crippen LogP contribution is -2.15. The summed E-state index contributed by atoms with van der Waals surface area (Å²) >= 11 is 1.37. The summed E-state index contributed by atoms with van der Waals surface area (Å²) < 4.78 is 3.68. The zero-order valence-corrected chi connectivity index (χ0v) is 18.9. The normalized spacial score (nSPS) is 11.7. The van der Waals surface area contributed by atoms with Crippen molar-refractivity contribution in [3.05, 3.63) is 41.2 Å². The van der Waals surface area contributed by atoms with Crippen molar-refractivity contribution in [2.75, 3.05) is 11.1 Å². The van der Waals surface area contributed by atoms with Crippen LogP contribution < -0.4 is 5.32 Å². The molecule has 1 aromatic carbocycles. The molecule has 0 fully saturated rings. The molecule has 29 heavy (non-hydrogen) atoms. The highest BCUT2D eigenvalue weighted by Gasteiger charge is 2.17. The van der Waals surface area contributed by atoms with E-state index >= 15 is 0 Å². The van der Waals surface area contributed by atoms with Crippen molar-refractivity contribution >= 4 is 23.4 Å². The molecule has 1 N–H and O–H groups in total. The van der Waals surface area contributed by atoms with Crippen LogP contribution in [0.1, 0.15) is 37.7 Å². The third-order valence-corrected chi connectivity index (χ3v) is 5.97. The number of rotatable bonds is 5. The highest BCUT2D eigenvalue weighted by Crippen LogP contribution is 2.27. The molecule has 0 aliphatic carbocycles. The maximum absolute atomic E-state index is 12.4. The molecule has 0 saturated carbocycles. The Morgan fingerprint density at radius 1 is 1.10 bits per heavy atom. The van der Waals surface area contributed by atoms with E-state index in [0.29, 0.717) is 5.16 Å². The Hall–Kier alpha value is -2.61. The summed E-state index contributed by atoms with van der Waals surface area (Å²) in [4.78, 5) is 12.4. The summed E-state index contributed by atoms with van der Waals surface area (Å²) in [5.74, 6) is 0.948. The van der Waals surface area contributed by atoms with E-state index in [-0.39, 0.29) is 17.1 Å². The highest BCUT2D eigenvalue weighted by molar-refractivity contribution is 7.99. The van der Waals surface area contributed by atoms with Gasteiger partial charge in [-0.1, -0.05) is 56.8 Å². The maximum atomic E-state index is 12.4. The van der Waals surface area contributed by atoms with Gasteiger partial charge in [0.1, 0.15) is 0 Å². The molecule has 2 aromatic heterocycles. The van der Waals surface area contributed by atoms with Crippen molar-refractivity contribution < 1.29 is 4.79 Å². The molecule has 154 valence electrons. The lowest BCUT2D eigenvalue weighted by molar-refractivity contribution is -0.113. The first kappa shape index (κ1) is 21.1. The molecule has 8 heteroatoms. The van der Waals surface area contributed by atoms with Gasteiger partial charge in [-0.05, 0) is 24.8 Å². The Balaban J connectivity index is 1.67. The predicted molar refractivity (Wildman–Crippen MR) is 117 cm³/mol. The van der Waals surface area contributed by atoms with Crippen LogP contribution in [0.5, 0.6) is 0 Å². The van der Waals surface area contributed by atoms with E-state index in [9.17, 15) is 4.79 Å². The van der Waals surface area contributed by atoms with Crippen molar-refractivity contribution in [2.45, 2.75) is 45.2 Å². The largest absolute Gasteiger partial charge is 0.322 e. The molecule has 0 aliphatic rings. The first-order chi connectivity index (χ1) is 13.6. The topological polar surface area (TPSA) is 77.6 Å². The quantitative estimate of drug-likeness (QED) is 0.644. The Kier molecular flexibility index (Phi) is 5.84. The van der Waals surface area contributed by atoms with Gasteiger partial charge in [0.05, 0.1) is 22.8 Å². The number of hydrogen-bond donors (Lipinski definition) is 1. The zero-order valence-electron chi connectivity index (χ0n) is 18.1. The van der Waals surface area contributed by atoms with E-state index in [0.717, 1.165) is 28.5 Å². The molecule has 1 amide bonds. The molecule has 0 unspecified atom stereocenters. The molecule has 3 aromatic rings. The minimum atomic E-state index is -0.0896. The fourth-order valence-electron chi connectivity index (χ4n) is 3.07. The van der Waals surface area contributed by atoms with E-state index in [2.05, 4.69) is 65.6 Å². The molecule has 7 nitrogen and oxygen atoms in total. The van der Waals surface area contributed by atoms with Crippen LogP contribution >= 0.6 is 11.8 Å². The van der Waals surface area contributed by atoms with Crippen LogP contribution in [0.4, 0.5) is 5.69 Å². The number of hydrogen-bond acceptors (Lipinski definition) is 5. The number of nitrogens with zero attached hydrogens (tertiary/aromatic N) is 5. The SMILES string of the molecule is Cc1nn(C)c(C)c1NC(=O)CSc1nnc(-c2ccc(C(C)(C)C)cc2)n1C. The predicted octanol–water partition coefficient (Wildman–Crippen LogP) is 3.86. The fourth-order valence-corrected chi connectivity index (χ4v) is 3.78. The molecule has 0 radical (unpaired) electrons. The summed E-state index contributed by atoms with van der Waals surface area (Å²) in [6, 6.07) is 8.39. The Morgan fingerprint density at radius 2 is 1.76 bits per heavy atom. The van der Waals surface area contributed by atoms with Crippen LogP contribution in [-0.2, 0) is 24.3 Å². The Morgan fingerprint density at radius 3 is 2.31 bits per heavy atom. The van der Waals surface area contributed by atoms with E-state index in [1.54, 1.807) is 4.68 Å². The van der Waals surface area contributed by atoms with Crippen LogP contribution in [0.15, 0.2) is 29.4 Å². The van der Waals surface area contributed by atoms with Gasteiger partial charge in [0.25, 0.3) is 0 Å². The van der Waals surface area contributed by atoms with Crippen molar-refractivity contribution in [3.8, 4) is 11.4 Å². The van der Waals surface area contributed by atoms with Gasteiger partial charge in [0.15, 0.2) is 11.0 Å². The van der Waals surface area contributed by atoms with Gasteiger partial charge in [0.2, 0.25) is 5.91 Å². The maximum Gasteiger partial charge on any atom is 0.234 e. The highest BCUT2D eigenvalue weighted by atomic mass is 32.2. The average molecular weight is 413 g/mol. The van der Waals surface area contributed by atoms with E-state index < -0.39 is 0 Å². The van der Waals surface area contributed by atoms with Gasteiger partial charge < -0.3 is 9.88 Å². The Bertz CT molecular complexity index is 1030. The number of benzene rings is 1. The van der Waals surface area contributed by atoms with Crippen molar-refractivity contribution in [3.63, 3.8) is 0 Å². The fraction of sp³-hybridized carbons (Fsp3) is 0.429. The molecule has 2 heterocycles. The minimum Gasteiger partial charge on any atom is -0.322 e. The second-order valence-electron chi connectivity index (χ2n) is 8.20. The van der Waals surface area contributed by atoms with E-state index in [4.69, 9.17) is 0 Å². The zero-order chi connectivity index (χ0) is 21.3. The minimum absolute atomic E-state index is 0.0896. The molecular formula is C21H28N6OS. The molecule has 0 spiro atoms. The molecule has 0 atom stereocenters. The van der Waals surface area contributed by atoms with Gasteiger partial charge in [-0.15, -0.1) is 10.2 Å². The third-order valence-electron chi connectivity index (χ3n) is 4.95. The molecule has 0 saturated heterocycles. The second kappa shape index (κ2) is 8.02. The summed E-state index contributed by atoms with van der Waals surface area (Å²) in [6.45, 7) is 10.4. The Labute approximate surface area is 175 Å². The first-order valence-electron chi connectivity index (χ1n) is 9.51. The van der Waals surface area contributed by atoms with Crippen LogP contribution in [0.3, 0.4) is 0 Å². The van der Waals surface area contributed by atoms with Crippen molar-refractivity contribution in [1.29, 1.82) is 0 Å². The van der Waals surface area contributed by atoms with Gasteiger partial charge in [-0.25, -0.2) is 0 Å². The van der Waals surface area contributed by atoms with Gasteiger partial charge >= 0.3 is 0 Å². The lowest BCUT2D eigenvalue weighted by atomic mass is 9.87. The number of nitrogens with one attached hydrogen (secondary N) is 1. The standard InChI is InChI=1S/C21H28N6OS/c1-13-18(14(2)27(7)25-13)22-17(28)12-29-20-24-23-19(26(20)6)15-8-10-16(11-9-15)21(3,4)5/h8-11H,12H2,1-7H3,(H,22,28). The van der Waals surface area contributed by atoms with Crippen molar-refractivity contribution in [2.24, 2.45) is 14.1 Å². The van der Waals surface area contributed by atoms with Crippen molar-refractivity contribution in [1.82, 2.24) is 24.5 Å². The number of thioether (sulfide) groups is 1. The van der Waals surface area contributed by atoms with Gasteiger partial charge in [-0.2, -0.15) is 5.10 Å². The van der Waals surface area contributed by atoms with Crippen LogP contribution in [0, 0.1) is 13.8 Å². The number of anilines is 1. The van der Waals surface area contributed by atoms with Crippen LogP contribution in [-0.4, -0.2) is 36.2 Å².